The number of aliphatic hydroxyl groups is 1. The van der Waals surface area contributed by atoms with Gasteiger partial charge < -0.3 is 9.84 Å². The summed E-state index contributed by atoms with van der Waals surface area (Å²) in [5, 5.41) is 13.1. The van der Waals surface area contributed by atoms with Crippen molar-refractivity contribution in [2.75, 3.05) is 4.90 Å². The fourth-order valence-electron chi connectivity index (χ4n) is 5.58. The second-order valence-corrected chi connectivity index (χ2v) is 7.35. The van der Waals surface area contributed by atoms with Crippen LogP contribution < -0.4 is 4.90 Å². The van der Waals surface area contributed by atoms with Crippen molar-refractivity contribution in [3.8, 4) is 0 Å². The highest BCUT2D eigenvalue weighted by atomic mass is 16.6. The molecule has 1 N–H and O–H groups in total. The first-order valence-corrected chi connectivity index (χ1v) is 8.40. The number of ether oxygens (including phenoxy) is 1. The number of rotatable bonds is 1. The van der Waals surface area contributed by atoms with Gasteiger partial charge in [-0.25, -0.2) is 0 Å². The minimum absolute atomic E-state index is 0.0372. The van der Waals surface area contributed by atoms with Crippen LogP contribution in [0.4, 0.5) is 5.69 Å². The van der Waals surface area contributed by atoms with Gasteiger partial charge in [0.25, 0.3) is 0 Å². The zero-order valence-corrected chi connectivity index (χ0v) is 12.5. The van der Waals surface area contributed by atoms with E-state index in [2.05, 4.69) is 0 Å². The SMILES string of the molecule is O=C1C2C3CC(C4OC34)C2[C@H](O)N1c1cccc2ccccc12. The van der Waals surface area contributed by atoms with Gasteiger partial charge in [-0.2, -0.15) is 0 Å². The maximum Gasteiger partial charge on any atom is 0.233 e. The molecule has 2 aromatic carbocycles. The fourth-order valence-corrected chi connectivity index (χ4v) is 5.58. The second kappa shape index (κ2) is 3.94. The number of benzene rings is 2. The van der Waals surface area contributed by atoms with Gasteiger partial charge in [0, 0.05) is 17.2 Å². The summed E-state index contributed by atoms with van der Waals surface area (Å²) < 4.78 is 5.70. The number of hydrogen-bond donors (Lipinski definition) is 1. The van der Waals surface area contributed by atoms with Crippen LogP contribution in [0.3, 0.4) is 0 Å². The van der Waals surface area contributed by atoms with Gasteiger partial charge in [0.2, 0.25) is 5.91 Å². The van der Waals surface area contributed by atoms with Gasteiger partial charge in [0.15, 0.2) is 0 Å². The molecule has 2 bridgehead atoms. The van der Waals surface area contributed by atoms with Crippen LogP contribution in [-0.4, -0.2) is 29.4 Å². The molecule has 4 heteroatoms. The molecule has 0 aromatic heterocycles. The molecule has 116 valence electrons. The van der Waals surface area contributed by atoms with E-state index in [0.717, 1.165) is 22.9 Å². The van der Waals surface area contributed by atoms with Crippen molar-refractivity contribution in [1.29, 1.82) is 0 Å². The number of anilines is 1. The fraction of sp³-hybridized carbons (Fsp3) is 0.421. The van der Waals surface area contributed by atoms with E-state index >= 15 is 0 Å². The van der Waals surface area contributed by atoms with Crippen LogP contribution >= 0.6 is 0 Å². The number of hydrogen-bond acceptors (Lipinski definition) is 3. The minimum Gasteiger partial charge on any atom is -0.373 e. The number of carbonyl (C=O) groups is 1. The summed E-state index contributed by atoms with van der Waals surface area (Å²) in [5.41, 5.74) is 0.837. The minimum atomic E-state index is -0.724. The van der Waals surface area contributed by atoms with E-state index in [-0.39, 0.29) is 23.8 Å². The van der Waals surface area contributed by atoms with E-state index in [1.54, 1.807) is 4.90 Å². The molecule has 2 heterocycles. The lowest BCUT2D eigenvalue weighted by Crippen LogP contribution is -2.37. The number of fused-ring (bicyclic) bond motifs is 9. The Hall–Kier alpha value is -1.91. The number of epoxide rings is 1. The summed E-state index contributed by atoms with van der Waals surface area (Å²) in [6, 6.07) is 14.0. The maximum atomic E-state index is 13.1. The molecule has 2 aliphatic heterocycles. The van der Waals surface area contributed by atoms with Crippen molar-refractivity contribution in [2.24, 2.45) is 23.7 Å². The van der Waals surface area contributed by atoms with Crippen molar-refractivity contribution in [1.82, 2.24) is 0 Å². The van der Waals surface area contributed by atoms with Crippen LogP contribution in [0.2, 0.25) is 0 Å². The van der Waals surface area contributed by atoms with Crippen LogP contribution in [0.5, 0.6) is 0 Å². The Labute approximate surface area is 133 Å². The summed E-state index contributed by atoms with van der Waals surface area (Å²) in [7, 11) is 0. The highest BCUT2D eigenvalue weighted by Gasteiger charge is 2.73. The molecule has 0 spiro atoms. The summed E-state index contributed by atoms with van der Waals surface area (Å²) >= 11 is 0. The number of nitrogens with zero attached hydrogens (tertiary/aromatic N) is 1. The molecule has 4 aliphatic rings. The summed E-state index contributed by atoms with van der Waals surface area (Å²) in [6.07, 6.45) is 0.913. The second-order valence-electron chi connectivity index (χ2n) is 7.35. The van der Waals surface area contributed by atoms with Crippen molar-refractivity contribution < 1.29 is 14.6 Å². The molecule has 7 atom stereocenters. The van der Waals surface area contributed by atoms with E-state index in [1.807, 2.05) is 42.5 Å². The van der Waals surface area contributed by atoms with Gasteiger partial charge in [-0.05, 0) is 23.8 Å². The largest absolute Gasteiger partial charge is 0.373 e. The van der Waals surface area contributed by atoms with E-state index in [4.69, 9.17) is 4.74 Å². The van der Waals surface area contributed by atoms with Crippen molar-refractivity contribution >= 4 is 22.4 Å². The molecule has 6 unspecified atom stereocenters. The zero-order chi connectivity index (χ0) is 15.3. The van der Waals surface area contributed by atoms with Crippen LogP contribution in [0.15, 0.2) is 42.5 Å². The molecule has 4 nitrogen and oxygen atoms in total. The van der Waals surface area contributed by atoms with Crippen LogP contribution in [0.1, 0.15) is 6.42 Å². The first kappa shape index (κ1) is 12.5. The topological polar surface area (TPSA) is 53.1 Å². The van der Waals surface area contributed by atoms with E-state index in [0.29, 0.717) is 17.9 Å². The van der Waals surface area contributed by atoms with Gasteiger partial charge in [-0.15, -0.1) is 0 Å². The monoisotopic (exact) mass is 307 g/mol. The van der Waals surface area contributed by atoms with Crippen LogP contribution in [0, 0.1) is 23.7 Å². The predicted molar refractivity (Wildman–Crippen MR) is 84.7 cm³/mol. The average Bonchev–Trinajstić information content (AvgIpc) is 3.09. The molecule has 1 amide bonds. The first-order valence-electron chi connectivity index (χ1n) is 8.40. The molecule has 2 saturated carbocycles. The normalized spacial score (nSPS) is 43.1. The molecular formula is C19H17NO3. The van der Waals surface area contributed by atoms with Crippen molar-refractivity contribution in [3.63, 3.8) is 0 Å². The Balaban J connectivity index is 1.49. The molecule has 4 fully saturated rings. The Morgan fingerprint density at radius 3 is 2.74 bits per heavy atom. The molecule has 23 heavy (non-hydrogen) atoms. The average molecular weight is 307 g/mol. The highest BCUT2D eigenvalue weighted by Crippen LogP contribution is 2.65. The van der Waals surface area contributed by atoms with Crippen LogP contribution in [-0.2, 0) is 9.53 Å². The lowest BCUT2D eigenvalue weighted by atomic mass is 9.81. The summed E-state index contributed by atoms with van der Waals surface area (Å²) in [5.74, 6) is 0.735. The lowest BCUT2D eigenvalue weighted by molar-refractivity contribution is -0.122. The van der Waals surface area contributed by atoms with Crippen molar-refractivity contribution in [3.05, 3.63) is 42.5 Å². The van der Waals surface area contributed by atoms with Gasteiger partial charge in [-0.1, -0.05) is 36.4 Å². The van der Waals surface area contributed by atoms with Crippen LogP contribution in [0.25, 0.3) is 10.8 Å². The van der Waals surface area contributed by atoms with Gasteiger partial charge >= 0.3 is 0 Å². The Morgan fingerprint density at radius 2 is 1.83 bits per heavy atom. The number of aliphatic hydroxyl groups excluding tert-OH is 1. The predicted octanol–water partition coefficient (Wildman–Crippen LogP) is 2.15. The van der Waals surface area contributed by atoms with E-state index in [1.165, 1.54) is 0 Å². The highest BCUT2D eigenvalue weighted by molar-refractivity contribution is 6.06. The molecular weight excluding hydrogens is 290 g/mol. The molecule has 6 rings (SSSR count). The third kappa shape index (κ3) is 1.38. The number of carbonyl (C=O) groups excluding carboxylic acids is 1. The van der Waals surface area contributed by atoms with E-state index in [9.17, 15) is 9.90 Å². The third-order valence-corrected chi connectivity index (χ3v) is 6.48. The smallest absolute Gasteiger partial charge is 0.233 e. The van der Waals surface area contributed by atoms with Gasteiger partial charge in [0.05, 0.1) is 23.8 Å². The summed E-state index contributed by atoms with van der Waals surface area (Å²) in [6.45, 7) is 0. The van der Waals surface area contributed by atoms with Gasteiger partial charge in [0.1, 0.15) is 6.23 Å². The van der Waals surface area contributed by atoms with Gasteiger partial charge in [-0.3, -0.25) is 9.69 Å². The maximum absolute atomic E-state index is 13.1. The molecule has 2 aliphatic carbocycles. The molecule has 2 saturated heterocycles. The first-order chi connectivity index (χ1) is 11.3. The molecule has 2 aromatic rings. The zero-order valence-electron chi connectivity index (χ0n) is 12.5. The third-order valence-electron chi connectivity index (χ3n) is 6.48. The van der Waals surface area contributed by atoms with E-state index < -0.39 is 6.23 Å². The summed E-state index contributed by atoms with van der Waals surface area (Å²) in [4.78, 5) is 14.8. The standard InChI is InChI=1S/C19H17NO3/c21-18-14-11-8-12(17-16(11)23-17)15(14)19(22)20(18)13-7-3-5-9-4-1-2-6-10(9)13/h1-7,11-12,14-18,21H,8H2/t11?,12?,14?,15?,16?,17?,18-/m0/s1. The Bertz CT molecular complexity index is 844. The number of amides is 1. The lowest BCUT2D eigenvalue weighted by Gasteiger charge is -2.27. The van der Waals surface area contributed by atoms with Crippen molar-refractivity contribution in [2.45, 2.75) is 24.9 Å². The quantitative estimate of drug-likeness (QED) is 0.821. The Kier molecular flexibility index (Phi) is 2.14. The molecule has 0 radical (unpaired) electrons. The Morgan fingerprint density at radius 1 is 1.04 bits per heavy atom.